The first kappa shape index (κ1) is 11.5. The summed E-state index contributed by atoms with van der Waals surface area (Å²) in [5.74, 6) is 0. The van der Waals surface area contributed by atoms with E-state index in [1.165, 1.54) is 0 Å². The van der Waals surface area contributed by atoms with Crippen LogP contribution in [0, 0.1) is 0 Å². The molecule has 1 heterocycles. The van der Waals surface area contributed by atoms with Crippen LogP contribution in [0.25, 0.3) is 0 Å². The summed E-state index contributed by atoms with van der Waals surface area (Å²) >= 11 is 11.5. The second-order valence-corrected chi connectivity index (χ2v) is 5.04. The molecule has 3 rings (SSSR count). The molecule has 0 atom stereocenters. The fourth-order valence-electron chi connectivity index (χ4n) is 2.18. The largest absolute Gasteiger partial charge is 0.344 e. The summed E-state index contributed by atoms with van der Waals surface area (Å²) in [5, 5.41) is 3.95. The lowest BCUT2D eigenvalue weighted by Gasteiger charge is -2.20. The third kappa shape index (κ3) is 1.76. The zero-order valence-corrected chi connectivity index (χ0v) is 11.3. The molecule has 0 fully saturated rings. The smallest absolute Gasteiger partial charge is 0.113 e. The molecule has 0 unspecified atom stereocenters. The Morgan fingerprint density at radius 2 is 1.89 bits per heavy atom. The molecule has 2 nitrogen and oxygen atoms in total. The summed E-state index contributed by atoms with van der Waals surface area (Å²) in [5.41, 5.74) is 4.12. The fraction of sp³-hybridized carbons (Fsp3) is 0.0714. The average Bonchev–Trinajstić information content (AvgIpc) is 2.47. The summed E-state index contributed by atoms with van der Waals surface area (Å²) in [4.78, 5) is 2.84. The topological polar surface area (TPSA) is 15.3 Å². The zero-order chi connectivity index (χ0) is 12.7. The van der Waals surface area contributed by atoms with E-state index in [0.717, 1.165) is 27.6 Å². The van der Waals surface area contributed by atoms with Crippen LogP contribution in [-0.2, 0) is 0 Å². The van der Waals surface area contributed by atoms with Gasteiger partial charge in [-0.25, -0.2) is 0 Å². The van der Waals surface area contributed by atoms with E-state index >= 15 is 0 Å². The number of benzene rings is 2. The Balaban J connectivity index is 2.24. The second kappa shape index (κ2) is 4.26. The quantitative estimate of drug-likeness (QED) is 0.725. The van der Waals surface area contributed by atoms with E-state index < -0.39 is 0 Å². The Labute approximate surface area is 116 Å². The van der Waals surface area contributed by atoms with Crippen LogP contribution in [0.1, 0.15) is 5.56 Å². The van der Waals surface area contributed by atoms with Crippen LogP contribution in [0.15, 0.2) is 42.5 Å². The molecule has 0 saturated carbocycles. The Morgan fingerprint density at radius 3 is 2.72 bits per heavy atom. The number of para-hydroxylation sites is 1. The Bertz CT molecular complexity index is 639. The standard InChI is InChI=1S/C14H11ClN2S/c1-17-12-5-3-2-4-10(12)14(18)16-11-8-9(15)6-7-13(11)17/h2-8H,1H3,(H,16,18). The maximum Gasteiger partial charge on any atom is 0.113 e. The predicted octanol–water partition coefficient (Wildman–Crippen LogP) is 4.21. The number of hydrogen-bond donors (Lipinski definition) is 1. The molecule has 18 heavy (non-hydrogen) atoms. The van der Waals surface area contributed by atoms with E-state index in [0.29, 0.717) is 5.02 Å². The molecule has 2 aromatic rings. The maximum atomic E-state index is 6.03. The van der Waals surface area contributed by atoms with Crippen LogP contribution < -0.4 is 10.2 Å². The fourth-order valence-corrected chi connectivity index (χ4v) is 2.63. The number of thiocarbonyl (C=S) groups is 1. The van der Waals surface area contributed by atoms with Gasteiger partial charge >= 0.3 is 0 Å². The summed E-state index contributed by atoms with van der Waals surface area (Å²) in [6, 6.07) is 13.9. The van der Waals surface area contributed by atoms with E-state index in [1.54, 1.807) is 0 Å². The SMILES string of the molecule is CN1c2ccc(Cl)cc2NC(=S)c2ccccc21. The van der Waals surface area contributed by atoms with E-state index in [1.807, 2.05) is 43.4 Å². The van der Waals surface area contributed by atoms with Gasteiger partial charge in [0.05, 0.1) is 17.1 Å². The van der Waals surface area contributed by atoms with Crippen molar-refractivity contribution in [1.82, 2.24) is 0 Å². The van der Waals surface area contributed by atoms with Gasteiger partial charge in [0.15, 0.2) is 0 Å². The minimum atomic E-state index is 0.698. The molecule has 0 radical (unpaired) electrons. The Kier molecular flexibility index (Phi) is 2.73. The summed E-state index contributed by atoms with van der Waals surface area (Å²) in [6.45, 7) is 0. The highest BCUT2D eigenvalue weighted by Gasteiger charge is 2.20. The Morgan fingerprint density at radius 1 is 1.11 bits per heavy atom. The molecule has 0 bridgehead atoms. The molecule has 0 aromatic heterocycles. The van der Waals surface area contributed by atoms with Crippen molar-refractivity contribution in [3.05, 3.63) is 53.1 Å². The van der Waals surface area contributed by atoms with Crippen molar-refractivity contribution in [3.8, 4) is 0 Å². The first-order valence-corrected chi connectivity index (χ1v) is 6.39. The first-order valence-electron chi connectivity index (χ1n) is 5.60. The van der Waals surface area contributed by atoms with Crippen molar-refractivity contribution in [1.29, 1.82) is 0 Å². The Hall–Kier alpha value is -1.58. The number of nitrogens with zero attached hydrogens (tertiary/aromatic N) is 1. The predicted molar refractivity (Wildman–Crippen MR) is 81.3 cm³/mol. The van der Waals surface area contributed by atoms with Crippen LogP contribution in [0.3, 0.4) is 0 Å². The van der Waals surface area contributed by atoms with Crippen molar-refractivity contribution >= 4 is 45.9 Å². The van der Waals surface area contributed by atoms with Gasteiger partial charge in [0.25, 0.3) is 0 Å². The highest BCUT2D eigenvalue weighted by atomic mass is 35.5. The maximum absolute atomic E-state index is 6.03. The van der Waals surface area contributed by atoms with E-state index in [4.69, 9.17) is 23.8 Å². The molecule has 2 aromatic carbocycles. The summed E-state index contributed by atoms with van der Waals surface area (Å²) in [6.07, 6.45) is 0. The molecule has 0 aliphatic carbocycles. The minimum Gasteiger partial charge on any atom is -0.344 e. The van der Waals surface area contributed by atoms with Crippen molar-refractivity contribution in [2.45, 2.75) is 0 Å². The molecule has 1 aliphatic heterocycles. The van der Waals surface area contributed by atoms with Crippen LogP contribution in [-0.4, -0.2) is 12.0 Å². The number of nitrogens with one attached hydrogen (secondary N) is 1. The lowest BCUT2D eigenvalue weighted by Crippen LogP contribution is -2.11. The van der Waals surface area contributed by atoms with Crippen molar-refractivity contribution in [2.24, 2.45) is 0 Å². The van der Waals surface area contributed by atoms with Crippen LogP contribution in [0.5, 0.6) is 0 Å². The number of halogens is 1. The normalized spacial score (nSPS) is 13.4. The van der Waals surface area contributed by atoms with Crippen LogP contribution in [0.4, 0.5) is 17.1 Å². The van der Waals surface area contributed by atoms with Gasteiger partial charge in [-0.1, -0.05) is 36.0 Å². The van der Waals surface area contributed by atoms with Gasteiger partial charge < -0.3 is 10.2 Å². The lowest BCUT2D eigenvalue weighted by molar-refractivity contribution is 1.21. The zero-order valence-electron chi connectivity index (χ0n) is 9.77. The molecule has 4 heteroatoms. The molecule has 1 aliphatic rings. The number of hydrogen-bond acceptors (Lipinski definition) is 2. The third-order valence-corrected chi connectivity index (χ3v) is 3.64. The molecule has 0 amide bonds. The van der Waals surface area contributed by atoms with Gasteiger partial charge in [0.2, 0.25) is 0 Å². The number of fused-ring (bicyclic) bond motifs is 2. The van der Waals surface area contributed by atoms with Crippen molar-refractivity contribution in [3.63, 3.8) is 0 Å². The van der Waals surface area contributed by atoms with E-state index in [9.17, 15) is 0 Å². The van der Waals surface area contributed by atoms with Crippen molar-refractivity contribution < 1.29 is 0 Å². The molecular weight excluding hydrogens is 264 g/mol. The first-order chi connectivity index (χ1) is 8.66. The van der Waals surface area contributed by atoms with Gasteiger partial charge in [-0.15, -0.1) is 0 Å². The summed E-state index contributed by atoms with van der Waals surface area (Å²) < 4.78 is 0. The van der Waals surface area contributed by atoms with Crippen molar-refractivity contribution in [2.75, 3.05) is 17.3 Å². The van der Waals surface area contributed by atoms with Gasteiger partial charge in [0.1, 0.15) is 4.99 Å². The van der Waals surface area contributed by atoms with Crippen LogP contribution >= 0.6 is 23.8 Å². The second-order valence-electron chi connectivity index (χ2n) is 4.19. The molecular formula is C14H11ClN2S. The summed E-state index contributed by atoms with van der Waals surface area (Å²) in [7, 11) is 2.03. The number of anilines is 3. The average molecular weight is 275 g/mol. The third-order valence-electron chi connectivity index (χ3n) is 3.08. The highest BCUT2D eigenvalue weighted by molar-refractivity contribution is 7.81. The molecule has 0 saturated heterocycles. The van der Waals surface area contributed by atoms with Gasteiger partial charge in [-0.05, 0) is 30.3 Å². The molecule has 90 valence electrons. The van der Waals surface area contributed by atoms with Gasteiger partial charge in [-0.2, -0.15) is 0 Å². The molecule has 0 spiro atoms. The highest BCUT2D eigenvalue weighted by Crippen LogP contribution is 2.37. The van der Waals surface area contributed by atoms with E-state index in [2.05, 4.69) is 16.3 Å². The van der Waals surface area contributed by atoms with Crippen LogP contribution in [0.2, 0.25) is 5.02 Å². The lowest BCUT2D eigenvalue weighted by atomic mass is 10.1. The monoisotopic (exact) mass is 274 g/mol. The van der Waals surface area contributed by atoms with Gasteiger partial charge in [-0.3, -0.25) is 0 Å². The minimum absolute atomic E-state index is 0.698. The number of rotatable bonds is 0. The van der Waals surface area contributed by atoms with Gasteiger partial charge in [0, 0.05) is 17.6 Å². The van der Waals surface area contributed by atoms with E-state index in [-0.39, 0.29) is 0 Å². The molecule has 1 N–H and O–H groups in total.